The minimum Gasteiger partial charge on any atom is -0.478 e. The molecule has 2 amide bonds. The van der Waals surface area contributed by atoms with Crippen molar-refractivity contribution < 1.29 is 19.5 Å². The number of anilines is 1. The summed E-state index contributed by atoms with van der Waals surface area (Å²) in [4.78, 5) is 36.3. The lowest BCUT2D eigenvalue weighted by Gasteiger charge is -2.36. The smallest absolute Gasteiger partial charge is 0.335 e. The maximum absolute atomic E-state index is 12.2. The largest absolute Gasteiger partial charge is 0.478 e. The normalized spacial score (nSPS) is 18.2. The predicted octanol–water partition coefficient (Wildman–Crippen LogP) is 2.45. The lowest BCUT2D eigenvalue weighted by molar-refractivity contribution is -0.133. The fraction of sp³-hybridized carbons (Fsp3) is 0.400. The number of carbonyl (C=O) groups excluding carboxylic acids is 2. The van der Waals surface area contributed by atoms with Gasteiger partial charge in [-0.2, -0.15) is 0 Å². The van der Waals surface area contributed by atoms with Crippen LogP contribution in [0.15, 0.2) is 24.3 Å². The van der Waals surface area contributed by atoms with Gasteiger partial charge in [0.15, 0.2) is 0 Å². The molecule has 20 heavy (non-hydrogen) atoms. The number of carbonyl (C=O) groups is 3. The van der Waals surface area contributed by atoms with Crippen LogP contribution in [0.5, 0.6) is 0 Å². The van der Waals surface area contributed by atoms with Gasteiger partial charge >= 0.3 is 5.97 Å². The first-order valence-corrected chi connectivity index (χ1v) is 6.55. The van der Waals surface area contributed by atoms with Crippen LogP contribution in [0.1, 0.15) is 43.5 Å². The zero-order valence-corrected chi connectivity index (χ0v) is 11.5. The molecule has 5 heteroatoms. The van der Waals surface area contributed by atoms with Crippen LogP contribution in [0.2, 0.25) is 0 Å². The first-order valence-electron chi connectivity index (χ1n) is 6.55. The lowest BCUT2D eigenvalue weighted by Crippen LogP contribution is -2.47. The van der Waals surface area contributed by atoms with Gasteiger partial charge in [-0.05, 0) is 36.1 Å². The molecule has 0 saturated carbocycles. The Morgan fingerprint density at radius 1 is 1.20 bits per heavy atom. The van der Waals surface area contributed by atoms with Crippen LogP contribution in [0.25, 0.3) is 0 Å². The topological polar surface area (TPSA) is 74.7 Å². The van der Waals surface area contributed by atoms with Crippen molar-refractivity contribution in [2.24, 2.45) is 5.41 Å². The van der Waals surface area contributed by atoms with Gasteiger partial charge in [0.1, 0.15) is 0 Å². The van der Waals surface area contributed by atoms with Gasteiger partial charge in [-0.15, -0.1) is 0 Å². The number of hydrogen-bond acceptors (Lipinski definition) is 3. The average molecular weight is 275 g/mol. The summed E-state index contributed by atoms with van der Waals surface area (Å²) in [7, 11) is 0. The van der Waals surface area contributed by atoms with Crippen LogP contribution in [0.3, 0.4) is 0 Å². The van der Waals surface area contributed by atoms with Crippen molar-refractivity contribution >= 4 is 23.5 Å². The Morgan fingerprint density at radius 3 is 2.10 bits per heavy atom. The van der Waals surface area contributed by atoms with Crippen molar-refractivity contribution in [2.75, 3.05) is 4.90 Å². The monoisotopic (exact) mass is 275 g/mol. The number of benzene rings is 1. The molecule has 1 aromatic carbocycles. The van der Waals surface area contributed by atoms with Crippen molar-refractivity contribution in [2.45, 2.75) is 33.1 Å². The number of aromatic carboxylic acids is 1. The third-order valence-electron chi connectivity index (χ3n) is 3.88. The van der Waals surface area contributed by atoms with E-state index in [0.29, 0.717) is 18.5 Å². The van der Waals surface area contributed by atoms with Gasteiger partial charge in [-0.1, -0.05) is 13.8 Å². The highest BCUT2D eigenvalue weighted by molar-refractivity contribution is 6.17. The molecule has 0 atom stereocenters. The van der Waals surface area contributed by atoms with Crippen molar-refractivity contribution in [3.05, 3.63) is 29.8 Å². The van der Waals surface area contributed by atoms with E-state index in [0.717, 1.165) is 11.3 Å². The molecule has 0 aliphatic carbocycles. The third kappa shape index (κ3) is 2.57. The highest BCUT2D eigenvalue weighted by Crippen LogP contribution is 2.37. The molecular formula is C15H17NO4. The van der Waals surface area contributed by atoms with Crippen LogP contribution in [0.4, 0.5) is 5.69 Å². The van der Waals surface area contributed by atoms with Gasteiger partial charge < -0.3 is 5.11 Å². The van der Waals surface area contributed by atoms with E-state index < -0.39 is 5.97 Å². The molecule has 1 saturated heterocycles. The third-order valence-corrected chi connectivity index (χ3v) is 3.88. The fourth-order valence-corrected chi connectivity index (χ4v) is 2.38. The van der Waals surface area contributed by atoms with Crippen molar-refractivity contribution in [1.82, 2.24) is 0 Å². The Kier molecular flexibility index (Phi) is 3.61. The SMILES string of the molecule is CCC1(C)CC(=O)N(c2ccc(C(=O)O)cc2)C(=O)C1. The molecule has 0 spiro atoms. The Bertz CT molecular complexity index is 544. The summed E-state index contributed by atoms with van der Waals surface area (Å²) in [5.74, 6) is -1.49. The number of amides is 2. The maximum Gasteiger partial charge on any atom is 0.335 e. The van der Waals surface area contributed by atoms with Gasteiger partial charge in [0.2, 0.25) is 11.8 Å². The van der Waals surface area contributed by atoms with Crippen LogP contribution in [-0.4, -0.2) is 22.9 Å². The Labute approximate surface area is 117 Å². The number of piperidine rings is 1. The fourth-order valence-electron chi connectivity index (χ4n) is 2.38. The van der Waals surface area contributed by atoms with Crippen LogP contribution < -0.4 is 4.90 Å². The summed E-state index contributed by atoms with van der Waals surface area (Å²) in [6.45, 7) is 3.91. The molecule has 0 aromatic heterocycles. The van der Waals surface area contributed by atoms with E-state index in [4.69, 9.17) is 5.11 Å². The van der Waals surface area contributed by atoms with Gasteiger partial charge in [0.05, 0.1) is 11.3 Å². The summed E-state index contributed by atoms with van der Waals surface area (Å²) in [6.07, 6.45) is 1.43. The zero-order chi connectivity index (χ0) is 14.9. The minimum absolute atomic E-state index is 0.129. The van der Waals surface area contributed by atoms with Crippen LogP contribution in [-0.2, 0) is 9.59 Å². The molecule has 106 valence electrons. The summed E-state index contributed by atoms with van der Waals surface area (Å²) < 4.78 is 0. The maximum atomic E-state index is 12.2. The molecule has 1 heterocycles. The second-order valence-corrected chi connectivity index (χ2v) is 5.49. The first kappa shape index (κ1) is 14.2. The van der Waals surface area contributed by atoms with E-state index in [9.17, 15) is 14.4 Å². The van der Waals surface area contributed by atoms with Gasteiger partial charge in [-0.3, -0.25) is 14.5 Å². The van der Waals surface area contributed by atoms with E-state index >= 15 is 0 Å². The number of rotatable bonds is 3. The summed E-state index contributed by atoms with van der Waals surface area (Å²) in [5.41, 5.74) is 0.290. The Morgan fingerprint density at radius 2 is 1.70 bits per heavy atom. The average Bonchev–Trinajstić information content (AvgIpc) is 2.38. The summed E-state index contributed by atoms with van der Waals surface area (Å²) >= 11 is 0. The van der Waals surface area contributed by atoms with Crippen LogP contribution in [0, 0.1) is 5.41 Å². The van der Waals surface area contributed by atoms with E-state index in [1.807, 2.05) is 13.8 Å². The molecule has 2 rings (SSSR count). The molecule has 0 unspecified atom stereocenters. The molecule has 1 aliphatic rings. The van der Waals surface area contributed by atoms with Crippen LogP contribution >= 0.6 is 0 Å². The standard InChI is InChI=1S/C15H17NO4/c1-3-15(2)8-12(17)16(13(18)9-15)11-6-4-10(5-7-11)14(19)20/h4-7H,3,8-9H2,1-2H3,(H,19,20). The highest BCUT2D eigenvalue weighted by atomic mass is 16.4. The van der Waals surface area contributed by atoms with E-state index in [-0.39, 0.29) is 22.8 Å². The van der Waals surface area contributed by atoms with Gasteiger partial charge in [0.25, 0.3) is 0 Å². The Hall–Kier alpha value is -2.17. The molecular weight excluding hydrogens is 258 g/mol. The Balaban J connectivity index is 2.27. The van der Waals surface area contributed by atoms with E-state index in [1.54, 1.807) is 0 Å². The molecule has 1 aromatic rings. The van der Waals surface area contributed by atoms with Crippen molar-refractivity contribution in [1.29, 1.82) is 0 Å². The molecule has 5 nitrogen and oxygen atoms in total. The van der Waals surface area contributed by atoms with Gasteiger partial charge in [-0.25, -0.2) is 4.79 Å². The zero-order valence-electron chi connectivity index (χ0n) is 11.5. The molecule has 0 bridgehead atoms. The van der Waals surface area contributed by atoms with E-state index in [2.05, 4.69) is 0 Å². The molecule has 1 aliphatic heterocycles. The summed E-state index contributed by atoms with van der Waals surface area (Å²) in [6, 6.07) is 5.78. The lowest BCUT2D eigenvalue weighted by atomic mass is 9.77. The number of hydrogen-bond donors (Lipinski definition) is 1. The van der Waals surface area contributed by atoms with Gasteiger partial charge in [0, 0.05) is 12.8 Å². The second-order valence-electron chi connectivity index (χ2n) is 5.49. The summed E-state index contributed by atoms with van der Waals surface area (Å²) in [5, 5.41) is 8.84. The van der Waals surface area contributed by atoms with Crippen molar-refractivity contribution in [3.63, 3.8) is 0 Å². The number of nitrogens with zero attached hydrogens (tertiary/aromatic N) is 1. The molecule has 1 N–H and O–H groups in total. The molecule has 0 radical (unpaired) electrons. The highest BCUT2D eigenvalue weighted by Gasteiger charge is 2.39. The minimum atomic E-state index is -1.04. The number of imide groups is 1. The second kappa shape index (κ2) is 5.07. The van der Waals surface area contributed by atoms with E-state index in [1.165, 1.54) is 24.3 Å². The number of carboxylic acids is 1. The predicted molar refractivity (Wildman–Crippen MR) is 73.5 cm³/mol. The quantitative estimate of drug-likeness (QED) is 0.860. The number of carboxylic acid groups (broad SMARTS) is 1. The first-order chi connectivity index (χ1) is 9.36. The van der Waals surface area contributed by atoms with Crippen molar-refractivity contribution in [3.8, 4) is 0 Å². The molecule has 1 fully saturated rings.